The number of carbonyl (C=O) groups excluding carboxylic acids is 1. The molecule has 1 amide bonds. The molecule has 1 saturated heterocycles. The number of nitrogens with zero attached hydrogens (tertiary/aromatic N) is 1. The highest BCUT2D eigenvalue weighted by Gasteiger charge is 2.21. The Labute approximate surface area is 166 Å². The molecule has 1 unspecified atom stereocenters. The molecule has 6 heteroatoms. The zero-order chi connectivity index (χ0) is 19.9. The van der Waals surface area contributed by atoms with E-state index in [1.54, 1.807) is 32.4 Å². The van der Waals surface area contributed by atoms with Crippen molar-refractivity contribution in [3.63, 3.8) is 0 Å². The van der Waals surface area contributed by atoms with E-state index in [9.17, 15) is 4.79 Å². The highest BCUT2D eigenvalue weighted by Crippen LogP contribution is 2.28. The molecule has 1 N–H and O–H groups in total. The zero-order valence-electron chi connectivity index (χ0n) is 16.7. The van der Waals surface area contributed by atoms with Gasteiger partial charge in [-0.2, -0.15) is 0 Å². The lowest BCUT2D eigenvalue weighted by atomic mass is 10.0. The summed E-state index contributed by atoms with van der Waals surface area (Å²) >= 11 is 0. The number of hydrogen-bond donors (Lipinski definition) is 1. The minimum Gasteiger partial charge on any atom is -0.493 e. The molecule has 0 aliphatic carbocycles. The Morgan fingerprint density at radius 1 is 1.07 bits per heavy atom. The van der Waals surface area contributed by atoms with Crippen molar-refractivity contribution in [3.05, 3.63) is 59.2 Å². The van der Waals surface area contributed by atoms with Gasteiger partial charge in [0.05, 0.1) is 33.5 Å². The summed E-state index contributed by atoms with van der Waals surface area (Å²) in [5.41, 5.74) is 2.82. The van der Waals surface area contributed by atoms with E-state index >= 15 is 0 Å². The van der Waals surface area contributed by atoms with Gasteiger partial charge in [0.15, 0.2) is 11.5 Å². The summed E-state index contributed by atoms with van der Waals surface area (Å²) in [4.78, 5) is 15.3. The second kappa shape index (κ2) is 9.57. The molecule has 3 rings (SSSR count). The monoisotopic (exact) mass is 384 g/mol. The van der Waals surface area contributed by atoms with Crippen molar-refractivity contribution in [2.24, 2.45) is 0 Å². The number of rotatable bonds is 7. The molecule has 150 valence electrons. The van der Waals surface area contributed by atoms with Crippen LogP contribution in [0.3, 0.4) is 0 Å². The van der Waals surface area contributed by atoms with Crippen molar-refractivity contribution in [1.82, 2.24) is 10.2 Å². The zero-order valence-corrected chi connectivity index (χ0v) is 16.7. The molecular weight excluding hydrogens is 356 g/mol. The summed E-state index contributed by atoms with van der Waals surface area (Å²) in [7, 11) is 3.14. The molecular formula is C22H28N2O4. The average molecular weight is 384 g/mol. The van der Waals surface area contributed by atoms with Gasteiger partial charge in [0.25, 0.3) is 5.91 Å². The van der Waals surface area contributed by atoms with Crippen LogP contribution in [0.2, 0.25) is 0 Å². The number of ether oxygens (including phenoxy) is 3. The van der Waals surface area contributed by atoms with Gasteiger partial charge < -0.3 is 19.5 Å². The van der Waals surface area contributed by atoms with Crippen molar-refractivity contribution in [1.29, 1.82) is 0 Å². The first-order valence-electron chi connectivity index (χ1n) is 9.50. The molecule has 1 aliphatic heterocycles. The minimum atomic E-state index is -0.139. The summed E-state index contributed by atoms with van der Waals surface area (Å²) in [6, 6.07) is 13.4. The predicted octanol–water partition coefficient (Wildman–Crippen LogP) is 2.82. The van der Waals surface area contributed by atoms with E-state index in [-0.39, 0.29) is 11.9 Å². The largest absolute Gasteiger partial charge is 0.493 e. The lowest BCUT2D eigenvalue weighted by Gasteiger charge is -2.31. The Kier molecular flexibility index (Phi) is 6.90. The molecule has 6 nitrogen and oxygen atoms in total. The summed E-state index contributed by atoms with van der Waals surface area (Å²) in [6.45, 7) is 5.99. The van der Waals surface area contributed by atoms with Crippen molar-refractivity contribution in [2.75, 3.05) is 47.1 Å². The fourth-order valence-corrected chi connectivity index (χ4v) is 3.29. The van der Waals surface area contributed by atoms with Crippen molar-refractivity contribution in [3.8, 4) is 11.5 Å². The highest BCUT2D eigenvalue weighted by molar-refractivity contribution is 5.95. The third-order valence-electron chi connectivity index (χ3n) is 4.98. The molecule has 2 aromatic rings. The lowest BCUT2D eigenvalue weighted by molar-refractivity contribution is 0.0332. The van der Waals surface area contributed by atoms with Crippen LogP contribution in [-0.2, 0) is 4.74 Å². The number of aryl methyl sites for hydroxylation is 1. The van der Waals surface area contributed by atoms with E-state index in [1.165, 1.54) is 5.56 Å². The molecule has 1 aliphatic rings. The molecule has 1 atom stereocenters. The van der Waals surface area contributed by atoms with Crippen LogP contribution in [0, 0.1) is 6.92 Å². The smallest absolute Gasteiger partial charge is 0.251 e. The third-order valence-corrected chi connectivity index (χ3v) is 4.98. The van der Waals surface area contributed by atoms with Gasteiger partial charge in [-0.1, -0.05) is 29.8 Å². The van der Waals surface area contributed by atoms with Crippen LogP contribution in [0.25, 0.3) is 0 Å². The quantitative estimate of drug-likeness (QED) is 0.795. The standard InChI is InChI=1S/C22H28N2O4/c1-16-4-6-17(7-5-16)19(15-24-10-12-28-13-11-24)23-22(25)18-8-9-20(26-2)21(14-18)27-3/h4-9,14,19H,10-13,15H2,1-3H3,(H,23,25). The van der Waals surface area contributed by atoms with Crippen molar-refractivity contribution < 1.29 is 19.0 Å². The second-order valence-corrected chi connectivity index (χ2v) is 6.92. The molecule has 0 bridgehead atoms. The third kappa shape index (κ3) is 5.03. The number of carbonyl (C=O) groups is 1. The first-order valence-corrected chi connectivity index (χ1v) is 9.50. The minimum absolute atomic E-state index is 0.112. The normalized spacial score (nSPS) is 15.7. The maximum Gasteiger partial charge on any atom is 0.251 e. The number of benzene rings is 2. The first kappa shape index (κ1) is 20.2. The van der Waals surface area contributed by atoms with Crippen LogP contribution < -0.4 is 14.8 Å². The summed E-state index contributed by atoms with van der Waals surface area (Å²) in [5.74, 6) is 0.998. The molecule has 0 aromatic heterocycles. The van der Waals surface area contributed by atoms with Gasteiger partial charge in [-0.3, -0.25) is 9.69 Å². The van der Waals surface area contributed by atoms with E-state index in [2.05, 4.69) is 41.4 Å². The molecule has 0 radical (unpaired) electrons. The first-order chi connectivity index (χ1) is 13.6. The molecule has 28 heavy (non-hydrogen) atoms. The highest BCUT2D eigenvalue weighted by atomic mass is 16.5. The van der Waals surface area contributed by atoms with Gasteiger partial charge in [0.1, 0.15) is 0 Å². The number of methoxy groups -OCH3 is 2. The van der Waals surface area contributed by atoms with E-state index in [1.807, 2.05) is 0 Å². The molecule has 1 heterocycles. The maximum absolute atomic E-state index is 13.0. The summed E-state index contributed by atoms with van der Waals surface area (Å²) < 4.78 is 16.0. The maximum atomic E-state index is 13.0. The second-order valence-electron chi connectivity index (χ2n) is 6.92. The van der Waals surface area contributed by atoms with Crippen molar-refractivity contribution in [2.45, 2.75) is 13.0 Å². The van der Waals surface area contributed by atoms with Gasteiger partial charge in [0, 0.05) is 25.2 Å². The lowest BCUT2D eigenvalue weighted by Crippen LogP contribution is -2.43. The van der Waals surface area contributed by atoms with Crippen LogP contribution in [-0.4, -0.2) is 57.9 Å². The summed E-state index contributed by atoms with van der Waals surface area (Å²) in [6.07, 6.45) is 0. The number of hydrogen-bond acceptors (Lipinski definition) is 5. The fraction of sp³-hybridized carbons (Fsp3) is 0.409. The van der Waals surface area contributed by atoms with Crippen LogP contribution in [0.4, 0.5) is 0 Å². The Morgan fingerprint density at radius 3 is 2.39 bits per heavy atom. The van der Waals surface area contributed by atoms with E-state index in [0.717, 1.165) is 38.4 Å². The molecule has 2 aromatic carbocycles. The van der Waals surface area contributed by atoms with Crippen LogP contribution >= 0.6 is 0 Å². The van der Waals surface area contributed by atoms with Crippen LogP contribution in [0.5, 0.6) is 11.5 Å². The van der Waals surface area contributed by atoms with Gasteiger partial charge in [-0.15, -0.1) is 0 Å². The van der Waals surface area contributed by atoms with E-state index in [4.69, 9.17) is 14.2 Å². The van der Waals surface area contributed by atoms with Gasteiger partial charge in [0.2, 0.25) is 0 Å². The Morgan fingerprint density at radius 2 is 1.75 bits per heavy atom. The van der Waals surface area contributed by atoms with E-state index in [0.29, 0.717) is 17.1 Å². The number of morpholine rings is 1. The average Bonchev–Trinajstić information content (AvgIpc) is 2.74. The number of nitrogens with one attached hydrogen (secondary N) is 1. The molecule has 1 fully saturated rings. The number of amides is 1. The van der Waals surface area contributed by atoms with Crippen LogP contribution in [0.1, 0.15) is 27.5 Å². The van der Waals surface area contributed by atoms with Gasteiger partial charge in [-0.05, 0) is 30.7 Å². The fourth-order valence-electron chi connectivity index (χ4n) is 3.29. The van der Waals surface area contributed by atoms with Gasteiger partial charge in [-0.25, -0.2) is 0 Å². The topological polar surface area (TPSA) is 60.0 Å². The van der Waals surface area contributed by atoms with Crippen LogP contribution in [0.15, 0.2) is 42.5 Å². The van der Waals surface area contributed by atoms with Gasteiger partial charge >= 0.3 is 0 Å². The SMILES string of the molecule is COc1ccc(C(=O)NC(CN2CCOCC2)c2ccc(C)cc2)cc1OC. The molecule has 0 saturated carbocycles. The predicted molar refractivity (Wildman–Crippen MR) is 108 cm³/mol. The Bertz CT molecular complexity index is 786. The molecule has 0 spiro atoms. The Hall–Kier alpha value is -2.57. The van der Waals surface area contributed by atoms with E-state index < -0.39 is 0 Å². The van der Waals surface area contributed by atoms with Crippen molar-refractivity contribution >= 4 is 5.91 Å². The Balaban J connectivity index is 1.79. The summed E-state index contributed by atoms with van der Waals surface area (Å²) in [5, 5.41) is 3.19.